The molecule has 2 rings (SSSR count). The van der Waals surface area contributed by atoms with Crippen LogP contribution in [0.25, 0.3) is 0 Å². The number of H-pyrrole nitrogens is 1. The maximum atomic E-state index is 14.2. The molecule has 0 saturated carbocycles. The molecule has 0 radical (unpaired) electrons. The number of nitrogens with zero attached hydrogens (tertiary/aromatic N) is 1. The summed E-state index contributed by atoms with van der Waals surface area (Å²) in [6, 6.07) is 0. The maximum Gasteiger partial charge on any atom is 0.490 e. The van der Waals surface area contributed by atoms with Crippen molar-refractivity contribution >= 4 is 35.7 Å². The van der Waals surface area contributed by atoms with Crippen molar-refractivity contribution in [3.63, 3.8) is 0 Å². The molecule has 0 aliphatic carbocycles. The first-order valence-electron chi connectivity index (χ1n) is 7.17. The number of aromatic nitrogens is 2. The van der Waals surface area contributed by atoms with Crippen LogP contribution in [0.3, 0.4) is 0 Å². The van der Waals surface area contributed by atoms with Gasteiger partial charge in [-0.05, 0) is 0 Å². The Morgan fingerprint density at radius 2 is 1.86 bits per heavy atom. The van der Waals surface area contributed by atoms with E-state index in [2.05, 4.69) is 25.4 Å². The smallest absolute Gasteiger partial charge is 0.349 e. The predicted octanol–water partition coefficient (Wildman–Crippen LogP) is 1.01. The van der Waals surface area contributed by atoms with Gasteiger partial charge in [-0.15, -0.1) is 0 Å². The van der Waals surface area contributed by atoms with E-state index in [4.69, 9.17) is 19.4 Å². The van der Waals surface area contributed by atoms with Crippen LogP contribution in [0.1, 0.15) is 12.6 Å². The van der Waals surface area contributed by atoms with Gasteiger partial charge in [0.2, 0.25) is 0 Å². The van der Waals surface area contributed by atoms with Crippen LogP contribution in [0.4, 0.5) is 8.78 Å². The average molecular weight is 504 g/mol. The third-order valence-corrected chi connectivity index (χ3v) is 7.27. The molecule has 0 amide bonds. The molecule has 0 spiro atoms. The molecule has 1 aromatic heterocycles. The first kappa shape index (κ1) is 24.6. The molecule has 2 heterocycles. The van der Waals surface area contributed by atoms with Crippen LogP contribution in [0.15, 0.2) is 11.0 Å². The molecular formula is C9H13F2N2O12P3S. The van der Waals surface area contributed by atoms with E-state index in [1.54, 1.807) is 0 Å². The van der Waals surface area contributed by atoms with Gasteiger partial charge in [-0.25, -0.2) is 27.3 Å². The molecule has 20 heteroatoms. The van der Waals surface area contributed by atoms with Gasteiger partial charge >= 0.3 is 29.2 Å². The second-order valence-corrected chi connectivity index (χ2v) is 10.3. The van der Waals surface area contributed by atoms with Crippen LogP contribution in [0, 0.1) is 10.5 Å². The summed E-state index contributed by atoms with van der Waals surface area (Å²) >= 11 is 4.51. The zero-order valence-corrected chi connectivity index (χ0v) is 17.2. The lowest BCUT2D eigenvalue weighted by Crippen LogP contribution is -2.31. The van der Waals surface area contributed by atoms with Crippen LogP contribution in [0.2, 0.25) is 0 Å². The third kappa shape index (κ3) is 7.21. The molecule has 1 aliphatic heterocycles. The lowest BCUT2D eigenvalue weighted by atomic mass is 10.2. The molecule has 5 atom stereocenters. The van der Waals surface area contributed by atoms with Gasteiger partial charge in [-0.3, -0.25) is 14.1 Å². The van der Waals surface area contributed by atoms with Gasteiger partial charge in [0.1, 0.15) is 10.8 Å². The molecular weight excluding hydrogens is 491 g/mol. The molecule has 166 valence electrons. The summed E-state index contributed by atoms with van der Waals surface area (Å²) in [5.74, 6) is -1.04. The minimum absolute atomic E-state index is 0.496. The molecule has 14 nitrogen and oxygen atoms in total. The van der Waals surface area contributed by atoms with Gasteiger partial charge in [-0.1, -0.05) is 12.2 Å². The molecule has 1 saturated heterocycles. The Morgan fingerprint density at radius 3 is 2.45 bits per heavy atom. The molecule has 1 aliphatic rings. The van der Waals surface area contributed by atoms with Gasteiger partial charge < -0.3 is 24.3 Å². The largest absolute Gasteiger partial charge is 0.490 e. The van der Waals surface area contributed by atoms with Crippen LogP contribution >= 0.6 is 35.7 Å². The SMILES string of the molecule is O=c1[nH]c(=S)c(F)cn1[C@@H]1O[C@H](COP(=O)(O)OP(=O)(O)OP(=O)(O)O)C[C@@H]1F. The number of alkyl halides is 1. The summed E-state index contributed by atoms with van der Waals surface area (Å²) in [5.41, 5.74) is -0.988. The maximum absolute atomic E-state index is 14.2. The first-order chi connectivity index (χ1) is 13.1. The second kappa shape index (κ2) is 8.83. The molecule has 2 unspecified atom stereocenters. The molecule has 0 aromatic carbocycles. The summed E-state index contributed by atoms with van der Waals surface area (Å²) in [6.45, 7) is -0.916. The highest BCUT2D eigenvalue weighted by atomic mass is 32.1. The lowest BCUT2D eigenvalue weighted by Gasteiger charge is -2.18. The Morgan fingerprint density at radius 1 is 1.24 bits per heavy atom. The Hall–Kier alpha value is -0.670. The van der Waals surface area contributed by atoms with E-state index >= 15 is 0 Å². The number of ether oxygens (including phenoxy) is 1. The van der Waals surface area contributed by atoms with Crippen molar-refractivity contribution in [1.29, 1.82) is 0 Å². The number of phosphoric acid groups is 3. The predicted molar refractivity (Wildman–Crippen MR) is 89.1 cm³/mol. The quantitative estimate of drug-likeness (QED) is 0.248. The van der Waals surface area contributed by atoms with Crippen LogP contribution < -0.4 is 5.69 Å². The fourth-order valence-corrected chi connectivity index (χ4v) is 5.37. The van der Waals surface area contributed by atoms with Gasteiger partial charge in [-0.2, -0.15) is 8.62 Å². The monoisotopic (exact) mass is 504 g/mol. The van der Waals surface area contributed by atoms with E-state index in [-0.39, 0.29) is 0 Å². The normalized spacial score (nSPS) is 26.8. The third-order valence-electron chi connectivity index (χ3n) is 3.17. The fourth-order valence-electron chi connectivity index (χ4n) is 2.18. The number of phosphoric ester groups is 1. The van der Waals surface area contributed by atoms with Gasteiger partial charge in [0, 0.05) is 6.42 Å². The summed E-state index contributed by atoms with van der Waals surface area (Å²) < 4.78 is 77.5. The minimum atomic E-state index is -5.70. The van der Waals surface area contributed by atoms with Crippen molar-refractivity contribution in [3.8, 4) is 0 Å². The van der Waals surface area contributed by atoms with Gasteiger partial charge in [0.15, 0.2) is 12.0 Å². The fraction of sp³-hybridized carbons (Fsp3) is 0.556. The van der Waals surface area contributed by atoms with Crippen molar-refractivity contribution in [2.45, 2.75) is 24.9 Å². The standard InChI is InChI=1S/C9H13F2N2O12P3S/c10-5-1-4(23-8(5)13-2-6(11)7(29)12-9(13)14)3-22-27(18,19)25-28(20,21)24-26(15,16)17/h2,4-5,8H,1,3H2,(H,18,19)(H,20,21)(H,12,14,29)(H2,15,16,17)/t4-,5-,8+/m0/s1. The van der Waals surface area contributed by atoms with Crippen LogP contribution in [-0.4, -0.2) is 48.0 Å². The van der Waals surface area contributed by atoms with Crippen molar-refractivity contribution < 1.29 is 59.9 Å². The number of aromatic amines is 1. The van der Waals surface area contributed by atoms with Crippen molar-refractivity contribution in [2.24, 2.45) is 0 Å². The summed E-state index contributed by atoms with van der Waals surface area (Å²) in [5, 5.41) is 0. The Balaban J connectivity index is 2.02. The zero-order valence-electron chi connectivity index (χ0n) is 13.7. The van der Waals surface area contributed by atoms with E-state index < -0.39 is 71.1 Å². The van der Waals surface area contributed by atoms with E-state index in [9.17, 15) is 32.2 Å². The number of nitrogens with one attached hydrogen (secondary N) is 1. The highest BCUT2D eigenvalue weighted by molar-refractivity contribution is 7.71. The second-order valence-electron chi connectivity index (χ2n) is 5.43. The first-order valence-corrected chi connectivity index (χ1v) is 12.1. The van der Waals surface area contributed by atoms with E-state index in [0.717, 1.165) is 0 Å². The van der Waals surface area contributed by atoms with E-state index in [1.165, 1.54) is 0 Å². The van der Waals surface area contributed by atoms with Crippen molar-refractivity contribution in [2.75, 3.05) is 6.61 Å². The van der Waals surface area contributed by atoms with Crippen molar-refractivity contribution in [3.05, 3.63) is 27.1 Å². The number of halogens is 2. The summed E-state index contributed by atoms with van der Waals surface area (Å²) in [4.78, 5) is 48.9. The summed E-state index contributed by atoms with van der Waals surface area (Å²) in [7, 11) is -16.7. The summed E-state index contributed by atoms with van der Waals surface area (Å²) in [6.07, 6.45) is -4.71. The molecule has 0 bridgehead atoms. The molecule has 5 N–H and O–H groups in total. The van der Waals surface area contributed by atoms with E-state index in [1.807, 2.05) is 4.98 Å². The zero-order chi connectivity index (χ0) is 22.2. The van der Waals surface area contributed by atoms with Gasteiger partial charge in [0.25, 0.3) is 0 Å². The van der Waals surface area contributed by atoms with Crippen LogP contribution in [0.5, 0.6) is 0 Å². The average Bonchev–Trinajstić information content (AvgIpc) is 2.86. The highest BCUT2D eigenvalue weighted by Gasteiger charge is 2.43. The highest BCUT2D eigenvalue weighted by Crippen LogP contribution is 2.66. The van der Waals surface area contributed by atoms with E-state index in [0.29, 0.717) is 10.8 Å². The molecule has 29 heavy (non-hydrogen) atoms. The van der Waals surface area contributed by atoms with Gasteiger partial charge in [0.05, 0.1) is 18.9 Å². The van der Waals surface area contributed by atoms with Crippen LogP contribution in [-0.2, 0) is 31.6 Å². The number of hydrogen-bond acceptors (Lipinski definition) is 9. The molecule has 1 aromatic rings. The molecule has 1 fully saturated rings. The topological polar surface area (TPSA) is 207 Å². The number of hydrogen-bond donors (Lipinski definition) is 5. The van der Waals surface area contributed by atoms with Crippen molar-refractivity contribution in [1.82, 2.24) is 9.55 Å². The Bertz CT molecular complexity index is 1020. The Kier molecular flexibility index (Phi) is 7.49. The number of rotatable bonds is 8. The lowest BCUT2D eigenvalue weighted by molar-refractivity contribution is -0.0393. The minimum Gasteiger partial charge on any atom is -0.349 e. The Labute approximate surface area is 164 Å².